The molecule has 3 nitrogen and oxygen atoms in total. The number of amides is 1. The van der Waals surface area contributed by atoms with Crippen LogP contribution in [0.15, 0.2) is 18.2 Å². The lowest BCUT2D eigenvalue weighted by Gasteiger charge is -2.12. The molecule has 0 saturated heterocycles. The summed E-state index contributed by atoms with van der Waals surface area (Å²) < 4.78 is 42.6. The number of carbonyl (C=O) groups excluding carboxylic acids is 1. The molecule has 18 heavy (non-hydrogen) atoms. The summed E-state index contributed by atoms with van der Waals surface area (Å²) in [5.74, 6) is -0.268. The van der Waals surface area contributed by atoms with E-state index in [9.17, 15) is 18.0 Å². The molecule has 1 N–H and O–H groups in total. The van der Waals surface area contributed by atoms with Gasteiger partial charge in [0, 0.05) is 18.2 Å². The Kier molecular flexibility index (Phi) is 4.58. The van der Waals surface area contributed by atoms with Crippen molar-refractivity contribution in [2.24, 2.45) is 0 Å². The number of alkyl halides is 3. The van der Waals surface area contributed by atoms with E-state index in [1.165, 1.54) is 13.2 Å². The van der Waals surface area contributed by atoms with Crippen molar-refractivity contribution in [1.82, 2.24) is 0 Å². The maximum Gasteiger partial charge on any atom is 0.416 e. The van der Waals surface area contributed by atoms with Crippen LogP contribution in [-0.4, -0.2) is 13.0 Å². The van der Waals surface area contributed by atoms with Crippen molar-refractivity contribution < 1.29 is 22.7 Å². The predicted molar refractivity (Wildman–Crippen MR) is 61.5 cm³/mol. The molecule has 1 amide bonds. The zero-order valence-electron chi connectivity index (χ0n) is 10.1. The summed E-state index contributed by atoms with van der Waals surface area (Å²) in [5, 5.41) is 2.41. The Bertz CT molecular complexity index is 430. The lowest BCUT2D eigenvalue weighted by Crippen LogP contribution is -2.12. The van der Waals surface area contributed by atoms with Gasteiger partial charge in [0.1, 0.15) is 5.75 Å². The first kappa shape index (κ1) is 14.3. The van der Waals surface area contributed by atoms with E-state index in [1.807, 2.05) is 6.92 Å². The van der Waals surface area contributed by atoms with Gasteiger partial charge in [-0.05, 0) is 18.6 Å². The normalized spacial score (nSPS) is 11.2. The number of hydrogen-bond acceptors (Lipinski definition) is 2. The molecule has 6 heteroatoms. The highest BCUT2D eigenvalue weighted by atomic mass is 19.4. The first-order valence-corrected chi connectivity index (χ1v) is 5.43. The zero-order chi connectivity index (χ0) is 13.8. The maximum atomic E-state index is 12.6. The molecule has 0 aliphatic rings. The largest absolute Gasteiger partial charge is 0.497 e. The van der Waals surface area contributed by atoms with E-state index in [-0.39, 0.29) is 23.8 Å². The summed E-state index contributed by atoms with van der Waals surface area (Å²) in [7, 11) is 1.27. The van der Waals surface area contributed by atoms with Gasteiger partial charge in [-0.3, -0.25) is 4.79 Å². The third-order valence-corrected chi connectivity index (χ3v) is 2.23. The highest BCUT2D eigenvalue weighted by Gasteiger charge is 2.31. The van der Waals surface area contributed by atoms with E-state index in [4.69, 9.17) is 4.74 Å². The first-order chi connectivity index (χ1) is 8.36. The van der Waals surface area contributed by atoms with Crippen molar-refractivity contribution in [3.8, 4) is 5.75 Å². The molecule has 1 rings (SSSR count). The predicted octanol–water partition coefficient (Wildman–Crippen LogP) is 3.45. The van der Waals surface area contributed by atoms with Gasteiger partial charge in [-0.2, -0.15) is 13.2 Å². The number of anilines is 1. The summed E-state index contributed by atoms with van der Waals surface area (Å²) in [4.78, 5) is 11.3. The van der Waals surface area contributed by atoms with E-state index in [0.29, 0.717) is 6.42 Å². The van der Waals surface area contributed by atoms with Crippen LogP contribution in [0.5, 0.6) is 5.75 Å². The lowest BCUT2D eigenvalue weighted by atomic mass is 10.1. The van der Waals surface area contributed by atoms with Crippen LogP contribution in [-0.2, 0) is 11.0 Å². The number of halogens is 3. The molecule has 0 bridgehead atoms. The second kappa shape index (κ2) is 5.75. The van der Waals surface area contributed by atoms with Gasteiger partial charge in [-0.1, -0.05) is 6.92 Å². The van der Waals surface area contributed by atoms with Gasteiger partial charge in [0.05, 0.1) is 12.7 Å². The Hall–Kier alpha value is -1.72. The number of benzene rings is 1. The van der Waals surface area contributed by atoms with Crippen molar-refractivity contribution in [2.75, 3.05) is 12.4 Å². The fraction of sp³-hybridized carbons (Fsp3) is 0.417. The van der Waals surface area contributed by atoms with E-state index < -0.39 is 11.7 Å². The highest BCUT2D eigenvalue weighted by molar-refractivity contribution is 5.91. The number of nitrogens with one attached hydrogen (secondary N) is 1. The topological polar surface area (TPSA) is 38.3 Å². The molecule has 0 radical (unpaired) electrons. The molecular weight excluding hydrogens is 247 g/mol. The lowest BCUT2D eigenvalue weighted by molar-refractivity contribution is -0.137. The van der Waals surface area contributed by atoms with Gasteiger partial charge in [0.25, 0.3) is 0 Å². The molecule has 0 aliphatic carbocycles. The average Bonchev–Trinajstić information content (AvgIpc) is 2.27. The van der Waals surface area contributed by atoms with Crippen molar-refractivity contribution >= 4 is 11.6 Å². The minimum absolute atomic E-state index is 0.0524. The monoisotopic (exact) mass is 261 g/mol. The van der Waals surface area contributed by atoms with Gasteiger partial charge < -0.3 is 10.1 Å². The molecule has 1 aromatic carbocycles. The Balaban J connectivity index is 3.01. The Labute approximate surface area is 103 Å². The second-order valence-corrected chi connectivity index (χ2v) is 3.75. The molecule has 0 saturated carbocycles. The van der Waals surface area contributed by atoms with Crippen LogP contribution < -0.4 is 10.1 Å². The van der Waals surface area contributed by atoms with Crippen LogP contribution in [0, 0.1) is 0 Å². The van der Waals surface area contributed by atoms with E-state index in [2.05, 4.69) is 5.32 Å². The molecule has 100 valence electrons. The van der Waals surface area contributed by atoms with E-state index >= 15 is 0 Å². The number of ether oxygens (including phenoxy) is 1. The molecule has 1 aromatic rings. The van der Waals surface area contributed by atoms with Crippen molar-refractivity contribution in [1.29, 1.82) is 0 Å². The SMILES string of the molecule is CCCC(=O)Nc1cc(OC)cc(C(F)(F)F)c1. The second-order valence-electron chi connectivity index (χ2n) is 3.75. The minimum atomic E-state index is -4.47. The molecule has 0 aromatic heterocycles. The zero-order valence-corrected chi connectivity index (χ0v) is 10.1. The van der Waals surface area contributed by atoms with Crippen molar-refractivity contribution in [3.05, 3.63) is 23.8 Å². The molecule has 0 fully saturated rings. The molecule has 0 spiro atoms. The van der Waals surface area contributed by atoms with Crippen molar-refractivity contribution in [3.63, 3.8) is 0 Å². The Morgan fingerprint density at radius 2 is 2.00 bits per heavy atom. The van der Waals surface area contributed by atoms with Gasteiger partial charge in [-0.25, -0.2) is 0 Å². The third-order valence-electron chi connectivity index (χ3n) is 2.23. The Morgan fingerprint density at radius 1 is 1.33 bits per heavy atom. The fourth-order valence-corrected chi connectivity index (χ4v) is 1.40. The number of carbonyl (C=O) groups is 1. The molecule has 0 unspecified atom stereocenters. The van der Waals surface area contributed by atoms with Crippen LogP contribution in [0.4, 0.5) is 18.9 Å². The van der Waals surface area contributed by atoms with Gasteiger partial charge in [0.2, 0.25) is 5.91 Å². The first-order valence-electron chi connectivity index (χ1n) is 5.43. The summed E-state index contributed by atoms with van der Waals surface area (Å²) in [6.45, 7) is 1.81. The van der Waals surface area contributed by atoms with E-state index in [0.717, 1.165) is 12.1 Å². The van der Waals surface area contributed by atoms with Crippen LogP contribution in [0.1, 0.15) is 25.3 Å². The molecular formula is C12H14F3NO2. The summed E-state index contributed by atoms with van der Waals surface area (Å²) >= 11 is 0. The van der Waals surface area contributed by atoms with Crippen LogP contribution in [0.3, 0.4) is 0 Å². The van der Waals surface area contributed by atoms with Gasteiger partial charge in [0.15, 0.2) is 0 Å². The molecule has 0 aliphatic heterocycles. The Morgan fingerprint density at radius 3 is 2.50 bits per heavy atom. The van der Waals surface area contributed by atoms with Crippen molar-refractivity contribution in [2.45, 2.75) is 25.9 Å². The quantitative estimate of drug-likeness (QED) is 0.901. The third kappa shape index (κ3) is 3.94. The van der Waals surface area contributed by atoms with Crippen LogP contribution >= 0.6 is 0 Å². The fourth-order valence-electron chi connectivity index (χ4n) is 1.40. The number of methoxy groups -OCH3 is 1. The average molecular weight is 261 g/mol. The minimum Gasteiger partial charge on any atom is -0.497 e. The summed E-state index contributed by atoms with van der Waals surface area (Å²) in [6.07, 6.45) is -3.58. The molecule has 0 heterocycles. The van der Waals surface area contributed by atoms with E-state index in [1.54, 1.807) is 0 Å². The maximum absolute atomic E-state index is 12.6. The smallest absolute Gasteiger partial charge is 0.416 e. The standard InChI is InChI=1S/C12H14F3NO2/c1-3-4-11(17)16-9-5-8(12(13,14)15)6-10(7-9)18-2/h5-7H,3-4H2,1-2H3,(H,16,17). The molecule has 0 atom stereocenters. The number of hydrogen-bond donors (Lipinski definition) is 1. The highest BCUT2D eigenvalue weighted by Crippen LogP contribution is 2.34. The van der Waals surface area contributed by atoms with Crippen LogP contribution in [0.2, 0.25) is 0 Å². The summed E-state index contributed by atoms with van der Waals surface area (Å²) in [6, 6.07) is 3.12. The van der Waals surface area contributed by atoms with Gasteiger partial charge >= 0.3 is 6.18 Å². The number of rotatable bonds is 4. The van der Waals surface area contributed by atoms with Crippen LogP contribution in [0.25, 0.3) is 0 Å². The van der Waals surface area contributed by atoms with Gasteiger partial charge in [-0.15, -0.1) is 0 Å². The summed E-state index contributed by atoms with van der Waals surface area (Å²) in [5.41, 5.74) is -0.770.